The second kappa shape index (κ2) is 4.23. The summed E-state index contributed by atoms with van der Waals surface area (Å²) in [6.07, 6.45) is -0.676. The van der Waals surface area contributed by atoms with Gasteiger partial charge in [0.05, 0.1) is 0 Å². The minimum Gasteiger partial charge on any atom is -0.402 e. The molecular formula is C11H17F2N3O. The van der Waals surface area contributed by atoms with Crippen molar-refractivity contribution in [3.8, 4) is 0 Å². The first-order valence-electron chi connectivity index (χ1n) is 5.82. The topological polar surface area (TPSA) is 51.0 Å². The predicted octanol–water partition coefficient (Wildman–Crippen LogP) is 3.24. The molecule has 1 saturated carbocycles. The number of nitrogens with one attached hydrogen (secondary N) is 1. The van der Waals surface area contributed by atoms with E-state index < -0.39 is 12.3 Å². The lowest BCUT2D eigenvalue weighted by Gasteiger charge is -2.16. The van der Waals surface area contributed by atoms with E-state index in [9.17, 15) is 8.78 Å². The van der Waals surface area contributed by atoms with Gasteiger partial charge in [0.2, 0.25) is 0 Å². The van der Waals surface area contributed by atoms with Crippen LogP contribution in [-0.4, -0.2) is 16.2 Å². The molecule has 17 heavy (non-hydrogen) atoms. The van der Waals surface area contributed by atoms with E-state index in [0.29, 0.717) is 11.3 Å². The van der Waals surface area contributed by atoms with Gasteiger partial charge in [-0.15, -0.1) is 5.10 Å². The Labute approximate surface area is 98.8 Å². The average molecular weight is 245 g/mol. The largest absolute Gasteiger partial charge is 0.402 e. The molecule has 2 unspecified atom stereocenters. The first kappa shape index (κ1) is 12.3. The molecule has 1 aliphatic rings. The Morgan fingerprint density at radius 2 is 2.12 bits per heavy atom. The maximum absolute atomic E-state index is 12.3. The highest BCUT2D eigenvalue weighted by Crippen LogP contribution is 2.54. The molecule has 4 nitrogen and oxygen atoms in total. The van der Waals surface area contributed by atoms with E-state index in [1.54, 1.807) is 0 Å². The van der Waals surface area contributed by atoms with Crippen molar-refractivity contribution in [2.45, 2.75) is 46.1 Å². The van der Waals surface area contributed by atoms with Gasteiger partial charge in [0.1, 0.15) is 0 Å². The number of aromatic nitrogens is 2. The number of hydrogen-bond acceptors (Lipinski definition) is 4. The molecule has 0 aliphatic heterocycles. The van der Waals surface area contributed by atoms with Crippen LogP contribution in [-0.2, 0) is 0 Å². The molecule has 1 fully saturated rings. The minimum atomic E-state index is -2.71. The zero-order valence-electron chi connectivity index (χ0n) is 10.2. The summed E-state index contributed by atoms with van der Waals surface area (Å²) in [6, 6.07) is 0.297. The first-order valence-corrected chi connectivity index (χ1v) is 5.82. The Kier molecular flexibility index (Phi) is 3.05. The molecule has 96 valence electrons. The van der Waals surface area contributed by atoms with E-state index >= 15 is 0 Å². The standard InChI is InChI=1S/C11H17F2N3O/c1-4-7(6-5-11(6,2)3)14-10-16-15-9(17-10)8(12)13/h6-8H,4-5H2,1-3H3,(H,14,16). The fourth-order valence-corrected chi connectivity index (χ4v) is 2.22. The quantitative estimate of drug-likeness (QED) is 0.865. The molecule has 6 heteroatoms. The van der Waals surface area contributed by atoms with E-state index in [-0.39, 0.29) is 12.1 Å². The van der Waals surface area contributed by atoms with Gasteiger partial charge in [-0.25, -0.2) is 0 Å². The molecule has 0 saturated heterocycles. The third-order valence-corrected chi connectivity index (χ3v) is 3.45. The van der Waals surface area contributed by atoms with E-state index in [1.165, 1.54) is 0 Å². The Morgan fingerprint density at radius 3 is 2.53 bits per heavy atom. The molecular weight excluding hydrogens is 228 g/mol. The van der Waals surface area contributed by atoms with Gasteiger partial charge in [-0.2, -0.15) is 8.78 Å². The number of halogens is 2. The van der Waals surface area contributed by atoms with Crippen LogP contribution >= 0.6 is 0 Å². The summed E-state index contributed by atoms with van der Waals surface area (Å²) < 4.78 is 29.4. The Bertz CT molecular complexity index is 392. The molecule has 0 spiro atoms. The number of hydrogen-bond donors (Lipinski definition) is 1. The number of nitrogens with zero attached hydrogens (tertiary/aromatic N) is 2. The van der Waals surface area contributed by atoms with Gasteiger partial charge in [-0.1, -0.05) is 25.9 Å². The third kappa shape index (κ3) is 2.56. The molecule has 0 bridgehead atoms. The summed E-state index contributed by atoms with van der Waals surface area (Å²) in [6.45, 7) is 6.44. The predicted molar refractivity (Wildman–Crippen MR) is 58.8 cm³/mol. The molecule has 1 aromatic rings. The monoisotopic (exact) mass is 245 g/mol. The maximum atomic E-state index is 12.3. The summed E-state index contributed by atoms with van der Waals surface area (Å²) in [5.41, 5.74) is 0.319. The van der Waals surface area contributed by atoms with Crippen LogP contribution in [0, 0.1) is 11.3 Å². The van der Waals surface area contributed by atoms with E-state index in [0.717, 1.165) is 12.8 Å². The van der Waals surface area contributed by atoms with Gasteiger partial charge in [-0.05, 0) is 24.2 Å². The SMILES string of the molecule is CCC(Nc1nnc(C(F)F)o1)C1CC1(C)C. The normalized spacial score (nSPS) is 23.8. The van der Waals surface area contributed by atoms with Gasteiger partial charge in [0.15, 0.2) is 0 Å². The molecule has 1 aromatic heterocycles. The Hall–Kier alpha value is -1.20. The Balaban J connectivity index is 1.99. The van der Waals surface area contributed by atoms with Crippen LogP contribution in [0.25, 0.3) is 0 Å². The van der Waals surface area contributed by atoms with Crippen LogP contribution < -0.4 is 5.32 Å². The van der Waals surface area contributed by atoms with E-state index in [1.807, 2.05) is 0 Å². The van der Waals surface area contributed by atoms with Gasteiger partial charge in [-0.3, -0.25) is 0 Å². The fraction of sp³-hybridized carbons (Fsp3) is 0.818. The number of rotatable bonds is 5. The second-order valence-electron chi connectivity index (χ2n) is 5.20. The van der Waals surface area contributed by atoms with Crippen LogP contribution in [0.15, 0.2) is 4.42 Å². The summed E-state index contributed by atoms with van der Waals surface area (Å²) in [4.78, 5) is 0. The molecule has 0 aromatic carbocycles. The minimum absolute atomic E-state index is 0.0925. The van der Waals surface area contributed by atoms with Crippen molar-refractivity contribution >= 4 is 6.01 Å². The molecule has 1 aliphatic carbocycles. The van der Waals surface area contributed by atoms with Crippen molar-refractivity contribution < 1.29 is 13.2 Å². The van der Waals surface area contributed by atoms with Gasteiger partial charge < -0.3 is 9.73 Å². The summed E-state index contributed by atoms with van der Waals surface area (Å²) in [7, 11) is 0. The molecule has 1 N–H and O–H groups in total. The highest BCUT2D eigenvalue weighted by Gasteiger charge is 2.49. The van der Waals surface area contributed by atoms with Crippen LogP contribution in [0.3, 0.4) is 0 Å². The van der Waals surface area contributed by atoms with E-state index in [2.05, 4.69) is 36.3 Å². The number of alkyl halides is 2. The van der Waals surface area contributed by atoms with Crippen molar-refractivity contribution in [1.82, 2.24) is 10.2 Å². The lowest BCUT2D eigenvalue weighted by molar-refractivity contribution is 0.116. The van der Waals surface area contributed by atoms with Crippen molar-refractivity contribution in [1.29, 1.82) is 0 Å². The summed E-state index contributed by atoms with van der Waals surface area (Å²) >= 11 is 0. The van der Waals surface area contributed by atoms with E-state index in [4.69, 9.17) is 4.42 Å². The second-order valence-corrected chi connectivity index (χ2v) is 5.20. The molecule has 1 heterocycles. The van der Waals surface area contributed by atoms with Crippen LogP contribution in [0.2, 0.25) is 0 Å². The fourth-order valence-electron chi connectivity index (χ4n) is 2.22. The smallest absolute Gasteiger partial charge is 0.315 e. The average Bonchev–Trinajstić information content (AvgIpc) is 2.71. The third-order valence-electron chi connectivity index (χ3n) is 3.45. The van der Waals surface area contributed by atoms with Crippen LogP contribution in [0.1, 0.15) is 45.9 Å². The highest BCUT2D eigenvalue weighted by atomic mass is 19.3. The van der Waals surface area contributed by atoms with Crippen LogP contribution in [0.4, 0.5) is 14.8 Å². The summed E-state index contributed by atoms with van der Waals surface area (Å²) in [5, 5.41) is 9.91. The van der Waals surface area contributed by atoms with Gasteiger partial charge >= 0.3 is 12.4 Å². The molecule has 0 amide bonds. The molecule has 2 rings (SSSR count). The zero-order chi connectivity index (χ0) is 12.6. The van der Waals surface area contributed by atoms with Gasteiger partial charge in [0.25, 0.3) is 5.89 Å². The number of anilines is 1. The molecule has 0 radical (unpaired) electrons. The zero-order valence-corrected chi connectivity index (χ0v) is 10.2. The van der Waals surface area contributed by atoms with Crippen molar-refractivity contribution in [3.63, 3.8) is 0 Å². The first-order chi connectivity index (χ1) is 7.94. The lowest BCUT2D eigenvalue weighted by atomic mass is 10.0. The molecule has 2 atom stereocenters. The van der Waals surface area contributed by atoms with Crippen molar-refractivity contribution in [2.75, 3.05) is 5.32 Å². The Morgan fingerprint density at radius 1 is 1.47 bits per heavy atom. The highest BCUT2D eigenvalue weighted by molar-refractivity contribution is 5.23. The van der Waals surface area contributed by atoms with Crippen molar-refractivity contribution in [3.05, 3.63) is 5.89 Å². The van der Waals surface area contributed by atoms with Crippen molar-refractivity contribution in [2.24, 2.45) is 11.3 Å². The van der Waals surface area contributed by atoms with Crippen LogP contribution in [0.5, 0.6) is 0 Å². The lowest BCUT2D eigenvalue weighted by Crippen LogP contribution is -2.23. The maximum Gasteiger partial charge on any atom is 0.315 e. The summed E-state index contributed by atoms with van der Waals surface area (Å²) in [5.74, 6) is -0.0909. The van der Waals surface area contributed by atoms with Gasteiger partial charge in [0, 0.05) is 6.04 Å².